The molecule has 0 unspecified atom stereocenters. The van der Waals surface area contributed by atoms with Gasteiger partial charge in [-0.05, 0) is 12.1 Å². The van der Waals surface area contributed by atoms with Crippen LogP contribution in [0, 0.1) is 0 Å². The van der Waals surface area contributed by atoms with Crippen LogP contribution in [0.5, 0.6) is 0 Å². The summed E-state index contributed by atoms with van der Waals surface area (Å²) in [6.07, 6.45) is 1.18. The van der Waals surface area contributed by atoms with Gasteiger partial charge in [-0.3, -0.25) is 4.90 Å². The van der Waals surface area contributed by atoms with Crippen LogP contribution in [0.2, 0.25) is 0 Å². The summed E-state index contributed by atoms with van der Waals surface area (Å²) >= 11 is 0. The van der Waals surface area contributed by atoms with Gasteiger partial charge >= 0.3 is 6.18 Å². The lowest BCUT2D eigenvalue weighted by atomic mass is 10.1. The minimum Gasteiger partial charge on any atom is -0.307 e. The smallest absolute Gasteiger partial charge is 0.307 e. The molecule has 0 aliphatic carbocycles. The average Bonchev–Trinajstić information content (AvgIpc) is 2.95. The van der Waals surface area contributed by atoms with Crippen molar-refractivity contribution in [1.82, 2.24) is 24.3 Å². The predicted molar refractivity (Wildman–Crippen MR) is 80.0 cm³/mol. The number of imidazole rings is 1. The van der Waals surface area contributed by atoms with E-state index in [4.69, 9.17) is 0 Å². The van der Waals surface area contributed by atoms with Crippen molar-refractivity contribution < 1.29 is 13.2 Å². The summed E-state index contributed by atoms with van der Waals surface area (Å²) in [4.78, 5) is 13.8. The molecule has 4 heterocycles. The van der Waals surface area contributed by atoms with Crippen molar-refractivity contribution in [3.63, 3.8) is 0 Å². The van der Waals surface area contributed by atoms with Gasteiger partial charge in [0.1, 0.15) is 5.65 Å². The Morgan fingerprint density at radius 1 is 1.17 bits per heavy atom. The number of fused-ring (bicyclic) bond motifs is 2. The van der Waals surface area contributed by atoms with E-state index in [2.05, 4.69) is 19.9 Å². The number of halogens is 3. The zero-order chi connectivity index (χ0) is 16.7. The largest absolute Gasteiger partial charge is 0.451 e. The Balaban J connectivity index is 1.52. The number of rotatable bonds is 2. The molecule has 24 heavy (non-hydrogen) atoms. The van der Waals surface area contributed by atoms with Crippen LogP contribution in [0.3, 0.4) is 0 Å². The molecule has 0 bridgehead atoms. The molecule has 0 radical (unpaired) electrons. The molecule has 124 valence electrons. The first kappa shape index (κ1) is 15.1. The van der Waals surface area contributed by atoms with Crippen LogP contribution in [0.25, 0.3) is 5.65 Å². The Hall–Kier alpha value is -2.48. The van der Waals surface area contributed by atoms with Crippen LogP contribution < -0.4 is 0 Å². The maximum Gasteiger partial charge on any atom is 0.451 e. The second kappa shape index (κ2) is 5.55. The lowest BCUT2D eigenvalue weighted by Gasteiger charge is -2.27. The molecule has 3 aromatic rings. The van der Waals surface area contributed by atoms with Gasteiger partial charge in [-0.1, -0.05) is 6.07 Å². The number of alkyl halides is 3. The predicted octanol–water partition coefficient (Wildman–Crippen LogP) is 2.70. The molecule has 1 aliphatic heterocycles. The van der Waals surface area contributed by atoms with Crippen molar-refractivity contribution in [2.75, 3.05) is 6.54 Å². The zero-order valence-electron chi connectivity index (χ0n) is 12.7. The van der Waals surface area contributed by atoms with E-state index >= 15 is 0 Å². The molecule has 4 rings (SSSR count). The molecule has 0 saturated carbocycles. The molecule has 0 fully saturated rings. The third-order valence-corrected chi connectivity index (χ3v) is 4.07. The first-order valence-electron chi connectivity index (χ1n) is 7.56. The third-order valence-electron chi connectivity index (χ3n) is 4.07. The van der Waals surface area contributed by atoms with Gasteiger partial charge in [-0.2, -0.15) is 13.2 Å². The van der Waals surface area contributed by atoms with Gasteiger partial charge in [0, 0.05) is 50.2 Å². The Bertz CT molecular complexity index is 854. The molecular formula is C16H14F3N5. The van der Waals surface area contributed by atoms with Gasteiger partial charge in [0.15, 0.2) is 0 Å². The summed E-state index contributed by atoms with van der Waals surface area (Å²) in [5.41, 5.74) is 3.04. The summed E-state index contributed by atoms with van der Waals surface area (Å²) in [5.74, 6) is -1.06. The molecule has 0 spiro atoms. The molecule has 0 N–H and O–H groups in total. The molecular weight excluding hydrogens is 319 g/mol. The van der Waals surface area contributed by atoms with E-state index < -0.39 is 12.0 Å². The number of aromatic nitrogens is 4. The van der Waals surface area contributed by atoms with Crippen LogP contribution in [-0.4, -0.2) is 30.8 Å². The fourth-order valence-corrected chi connectivity index (χ4v) is 2.94. The van der Waals surface area contributed by atoms with Crippen LogP contribution >= 0.6 is 0 Å². The minimum atomic E-state index is -4.50. The molecule has 0 saturated heterocycles. The van der Waals surface area contributed by atoms with E-state index in [0.29, 0.717) is 31.7 Å². The van der Waals surface area contributed by atoms with Gasteiger partial charge in [-0.15, -0.1) is 0 Å². The zero-order valence-corrected chi connectivity index (χ0v) is 12.7. The monoisotopic (exact) mass is 333 g/mol. The Morgan fingerprint density at radius 3 is 2.83 bits per heavy atom. The van der Waals surface area contributed by atoms with Crippen LogP contribution in [0.1, 0.15) is 22.8 Å². The van der Waals surface area contributed by atoms with Crippen molar-refractivity contribution in [3.05, 3.63) is 59.6 Å². The first-order valence-corrected chi connectivity index (χ1v) is 7.56. The highest BCUT2D eigenvalue weighted by Crippen LogP contribution is 2.28. The number of hydrogen-bond acceptors (Lipinski definition) is 4. The standard InChI is InChI=1S/C16H14F3N5/c17-16(18,19)15-20-7-11-8-23(6-4-13(11)22-15)9-12-10-24-5-2-1-3-14(24)21-12/h1-3,5,7,10H,4,6,8-9H2. The van der Waals surface area contributed by atoms with E-state index in [1.54, 1.807) is 0 Å². The van der Waals surface area contributed by atoms with Crippen molar-refractivity contribution in [2.24, 2.45) is 0 Å². The normalized spacial score (nSPS) is 15.6. The topological polar surface area (TPSA) is 46.3 Å². The lowest BCUT2D eigenvalue weighted by molar-refractivity contribution is -0.145. The SMILES string of the molecule is FC(F)(F)c1ncc2c(n1)CCN(Cc1cn3ccccc3n1)C2. The van der Waals surface area contributed by atoms with E-state index in [1.807, 2.05) is 35.0 Å². The first-order chi connectivity index (χ1) is 11.5. The van der Waals surface area contributed by atoms with Gasteiger partial charge in [-0.25, -0.2) is 15.0 Å². The van der Waals surface area contributed by atoms with Gasteiger partial charge < -0.3 is 4.40 Å². The summed E-state index contributed by atoms with van der Waals surface area (Å²) in [7, 11) is 0. The highest BCUT2D eigenvalue weighted by Gasteiger charge is 2.35. The Labute approximate surface area is 135 Å². The summed E-state index contributed by atoms with van der Waals surface area (Å²) < 4.78 is 40.0. The average molecular weight is 333 g/mol. The summed E-state index contributed by atoms with van der Waals surface area (Å²) in [5, 5.41) is 0. The fraction of sp³-hybridized carbons (Fsp3) is 0.312. The van der Waals surface area contributed by atoms with E-state index in [-0.39, 0.29) is 0 Å². The van der Waals surface area contributed by atoms with Crippen molar-refractivity contribution >= 4 is 5.65 Å². The second-order valence-corrected chi connectivity index (χ2v) is 5.82. The van der Waals surface area contributed by atoms with E-state index in [0.717, 1.165) is 16.9 Å². The maximum absolute atomic E-state index is 12.7. The Kier molecular flexibility index (Phi) is 3.49. The van der Waals surface area contributed by atoms with Crippen LogP contribution in [0.15, 0.2) is 36.8 Å². The van der Waals surface area contributed by atoms with Crippen LogP contribution in [-0.2, 0) is 25.7 Å². The molecule has 0 aromatic carbocycles. The second-order valence-electron chi connectivity index (χ2n) is 5.82. The summed E-state index contributed by atoms with van der Waals surface area (Å²) in [6.45, 7) is 1.82. The highest BCUT2D eigenvalue weighted by molar-refractivity contribution is 5.39. The highest BCUT2D eigenvalue weighted by atomic mass is 19.4. The molecule has 1 aliphatic rings. The van der Waals surface area contributed by atoms with Crippen LogP contribution in [0.4, 0.5) is 13.2 Å². The third kappa shape index (κ3) is 2.84. The van der Waals surface area contributed by atoms with Gasteiger partial charge in [0.05, 0.1) is 11.4 Å². The molecule has 0 amide bonds. The molecule has 5 nitrogen and oxygen atoms in total. The van der Waals surface area contributed by atoms with Crippen molar-refractivity contribution in [3.8, 4) is 0 Å². The number of pyridine rings is 1. The summed E-state index contributed by atoms with van der Waals surface area (Å²) in [6, 6.07) is 5.80. The van der Waals surface area contributed by atoms with E-state index in [9.17, 15) is 13.2 Å². The fourth-order valence-electron chi connectivity index (χ4n) is 2.94. The number of hydrogen-bond donors (Lipinski definition) is 0. The van der Waals surface area contributed by atoms with Crippen molar-refractivity contribution in [2.45, 2.75) is 25.7 Å². The molecule has 3 aromatic heterocycles. The van der Waals surface area contributed by atoms with Gasteiger partial charge in [0.2, 0.25) is 5.82 Å². The molecule has 0 atom stereocenters. The van der Waals surface area contributed by atoms with Gasteiger partial charge in [0.25, 0.3) is 0 Å². The van der Waals surface area contributed by atoms with Crippen molar-refractivity contribution in [1.29, 1.82) is 0 Å². The molecule has 8 heteroatoms. The minimum absolute atomic E-state index is 0.480. The van der Waals surface area contributed by atoms with E-state index in [1.165, 1.54) is 6.20 Å². The maximum atomic E-state index is 12.7. The lowest BCUT2D eigenvalue weighted by Crippen LogP contribution is -2.31. The quantitative estimate of drug-likeness (QED) is 0.723. The Morgan fingerprint density at radius 2 is 2.04 bits per heavy atom. The number of nitrogens with zero attached hydrogens (tertiary/aromatic N) is 5.